The number of amides is 1. The van der Waals surface area contributed by atoms with Gasteiger partial charge in [-0.3, -0.25) is 19.4 Å². The number of nitrogens with zero attached hydrogens (tertiary/aromatic N) is 3. The minimum Gasteiger partial charge on any atom is -0.291 e. The van der Waals surface area contributed by atoms with E-state index in [4.69, 9.17) is 0 Å². The lowest BCUT2D eigenvalue weighted by atomic mass is 10.1. The zero-order chi connectivity index (χ0) is 19.9. The number of carbonyl (C=O) groups is 2. The minimum atomic E-state index is -3.56. The van der Waals surface area contributed by atoms with Crippen LogP contribution < -0.4 is 4.90 Å². The van der Waals surface area contributed by atoms with Crippen LogP contribution >= 0.6 is 0 Å². The van der Waals surface area contributed by atoms with Gasteiger partial charge in [-0.25, -0.2) is 12.8 Å². The van der Waals surface area contributed by atoms with Gasteiger partial charge >= 0.3 is 5.91 Å². The zero-order valence-electron chi connectivity index (χ0n) is 14.9. The molecular formula is C19H18FN3O4S. The molecule has 2 aromatic rings. The molecule has 0 aliphatic carbocycles. The summed E-state index contributed by atoms with van der Waals surface area (Å²) >= 11 is 0. The average Bonchev–Trinajstić information content (AvgIpc) is 2.93. The molecule has 7 nitrogen and oxygen atoms in total. The van der Waals surface area contributed by atoms with E-state index < -0.39 is 27.5 Å². The van der Waals surface area contributed by atoms with Crippen molar-refractivity contribution in [1.82, 2.24) is 9.21 Å². The van der Waals surface area contributed by atoms with E-state index in [2.05, 4.69) is 0 Å². The van der Waals surface area contributed by atoms with Crippen molar-refractivity contribution in [2.45, 2.75) is 4.90 Å². The predicted molar refractivity (Wildman–Crippen MR) is 99.9 cm³/mol. The van der Waals surface area contributed by atoms with Crippen LogP contribution in [-0.4, -0.2) is 62.2 Å². The third-order valence-corrected chi connectivity index (χ3v) is 6.90. The topological polar surface area (TPSA) is 78.0 Å². The lowest BCUT2D eigenvalue weighted by Crippen LogP contribution is -2.52. The van der Waals surface area contributed by atoms with E-state index in [1.54, 1.807) is 30.3 Å². The van der Waals surface area contributed by atoms with Gasteiger partial charge in [-0.2, -0.15) is 4.31 Å². The first kappa shape index (κ1) is 18.7. The van der Waals surface area contributed by atoms with E-state index in [1.807, 2.05) is 4.90 Å². The molecule has 146 valence electrons. The molecule has 2 heterocycles. The number of Topliss-reactive ketones (excluding diaryl/α,β-unsaturated/α-hetero) is 1. The van der Waals surface area contributed by atoms with Crippen LogP contribution in [0.1, 0.15) is 10.4 Å². The van der Waals surface area contributed by atoms with Crippen molar-refractivity contribution in [2.75, 3.05) is 37.7 Å². The van der Waals surface area contributed by atoms with E-state index >= 15 is 0 Å². The van der Waals surface area contributed by atoms with Gasteiger partial charge in [0.2, 0.25) is 10.0 Å². The second-order valence-corrected chi connectivity index (χ2v) is 8.64. The number of ketones is 1. The third kappa shape index (κ3) is 3.21. The Morgan fingerprint density at radius 1 is 0.929 bits per heavy atom. The Kier molecular flexibility index (Phi) is 4.74. The van der Waals surface area contributed by atoms with Crippen LogP contribution in [0.5, 0.6) is 0 Å². The van der Waals surface area contributed by atoms with Crippen molar-refractivity contribution in [3.8, 4) is 0 Å². The number of rotatable bonds is 4. The van der Waals surface area contributed by atoms with Crippen molar-refractivity contribution < 1.29 is 22.4 Å². The van der Waals surface area contributed by atoms with Crippen molar-refractivity contribution in [3.63, 3.8) is 0 Å². The van der Waals surface area contributed by atoms with Crippen LogP contribution in [0.2, 0.25) is 0 Å². The fourth-order valence-electron chi connectivity index (χ4n) is 3.46. The molecule has 28 heavy (non-hydrogen) atoms. The van der Waals surface area contributed by atoms with Crippen LogP contribution in [0.4, 0.5) is 10.1 Å². The average molecular weight is 403 g/mol. The SMILES string of the molecule is O=C1C(=O)N(CN2CCN(S(=O)(=O)c3ccccc3)CC2)c2cc(F)ccc21. The van der Waals surface area contributed by atoms with Crippen LogP contribution in [-0.2, 0) is 14.8 Å². The smallest absolute Gasteiger partial charge is 0.291 e. The number of halogens is 1. The molecule has 1 amide bonds. The van der Waals surface area contributed by atoms with Crippen LogP contribution in [0.25, 0.3) is 0 Å². The van der Waals surface area contributed by atoms with Gasteiger partial charge in [-0.1, -0.05) is 18.2 Å². The van der Waals surface area contributed by atoms with Crippen molar-refractivity contribution in [3.05, 3.63) is 59.9 Å². The maximum absolute atomic E-state index is 13.6. The fourth-order valence-corrected chi connectivity index (χ4v) is 4.90. The van der Waals surface area contributed by atoms with Gasteiger partial charge in [0.1, 0.15) is 5.82 Å². The Bertz CT molecular complexity index is 1030. The lowest BCUT2D eigenvalue weighted by molar-refractivity contribution is -0.114. The number of fused-ring (bicyclic) bond motifs is 1. The summed E-state index contributed by atoms with van der Waals surface area (Å²) in [5.74, 6) is -1.87. The molecule has 4 rings (SSSR count). The van der Waals surface area contributed by atoms with Crippen LogP contribution in [0, 0.1) is 5.82 Å². The van der Waals surface area contributed by atoms with Gasteiger partial charge in [0.15, 0.2) is 0 Å². The molecule has 0 saturated carbocycles. The van der Waals surface area contributed by atoms with E-state index in [1.165, 1.54) is 21.3 Å². The quantitative estimate of drug-likeness (QED) is 0.720. The first-order valence-electron chi connectivity index (χ1n) is 8.81. The molecule has 0 bridgehead atoms. The van der Waals surface area contributed by atoms with Crippen LogP contribution in [0.3, 0.4) is 0 Å². The number of anilines is 1. The first-order valence-corrected chi connectivity index (χ1v) is 10.3. The van der Waals surface area contributed by atoms with Gasteiger partial charge in [-0.05, 0) is 30.3 Å². The Morgan fingerprint density at radius 3 is 2.29 bits per heavy atom. The standard InChI is InChI=1S/C19H18FN3O4S/c20-14-6-7-16-17(12-14)23(19(25)18(16)24)13-21-8-10-22(11-9-21)28(26,27)15-4-2-1-3-5-15/h1-7,12H,8-11,13H2. The summed E-state index contributed by atoms with van der Waals surface area (Å²) in [4.78, 5) is 27.7. The summed E-state index contributed by atoms with van der Waals surface area (Å²) < 4.78 is 40.4. The number of hydrogen-bond donors (Lipinski definition) is 0. The summed E-state index contributed by atoms with van der Waals surface area (Å²) in [5.41, 5.74) is 0.450. The summed E-state index contributed by atoms with van der Waals surface area (Å²) in [5, 5.41) is 0. The van der Waals surface area contributed by atoms with Gasteiger partial charge in [0.25, 0.3) is 5.78 Å². The molecule has 2 aromatic carbocycles. The Hall–Kier alpha value is -2.62. The number of sulfonamides is 1. The maximum atomic E-state index is 13.6. The maximum Gasteiger partial charge on any atom is 0.300 e. The predicted octanol–water partition coefficient (Wildman–Crippen LogP) is 1.32. The second kappa shape index (κ2) is 7.08. The third-order valence-electron chi connectivity index (χ3n) is 4.99. The molecule has 0 N–H and O–H groups in total. The highest BCUT2D eigenvalue weighted by molar-refractivity contribution is 7.89. The highest BCUT2D eigenvalue weighted by atomic mass is 32.2. The van der Waals surface area contributed by atoms with Gasteiger partial charge in [0.05, 0.1) is 22.8 Å². The number of piperazine rings is 1. The number of carbonyl (C=O) groups excluding carboxylic acids is 2. The van der Waals surface area contributed by atoms with Gasteiger partial charge < -0.3 is 0 Å². The molecular weight excluding hydrogens is 385 g/mol. The highest BCUT2D eigenvalue weighted by Gasteiger charge is 2.38. The Morgan fingerprint density at radius 2 is 1.61 bits per heavy atom. The fraction of sp³-hybridized carbons (Fsp3) is 0.263. The summed E-state index contributed by atoms with van der Waals surface area (Å²) in [6.45, 7) is 1.44. The summed E-state index contributed by atoms with van der Waals surface area (Å²) in [6, 6.07) is 11.9. The summed E-state index contributed by atoms with van der Waals surface area (Å²) in [6.07, 6.45) is 0. The number of benzene rings is 2. The van der Waals surface area contributed by atoms with Gasteiger partial charge in [0, 0.05) is 26.2 Å². The van der Waals surface area contributed by atoms with E-state index in [0.717, 1.165) is 6.07 Å². The normalized spacial score (nSPS) is 18.5. The van der Waals surface area contributed by atoms with E-state index in [-0.39, 0.29) is 35.9 Å². The first-order chi connectivity index (χ1) is 13.4. The largest absolute Gasteiger partial charge is 0.300 e. The molecule has 0 unspecified atom stereocenters. The highest BCUT2D eigenvalue weighted by Crippen LogP contribution is 2.30. The lowest BCUT2D eigenvalue weighted by Gasteiger charge is -2.35. The molecule has 0 radical (unpaired) electrons. The molecule has 0 spiro atoms. The van der Waals surface area contributed by atoms with E-state index in [0.29, 0.717) is 13.1 Å². The van der Waals surface area contributed by atoms with Crippen LogP contribution in [0.15, 0.2) is 53.4 Å². The Balaban J connectivity index is 1.45. The van der Waals surface area contributed by atoms with Crippen molar-refractivity contribution in [2.24, 2.45) is 0 Å². The second-order valence-electron chi connectivity index (χ2n) is 6.70. The molecule has 2 aliphatic rings. The van der Waals surface area contributed by atoms with Crippen molar-refractivity contribution in [1.29, 1.82) is 0 Å². The van der Waals surface area contributed by atoms with E-state index in [9.17, 15) is 22.4 Å². The monoisotopic (exact) mass is 403 g/mol. The Labute approximate surface area is 162 Å². The molecule has 1 saturated heterocycles. The number of hydrogen-bond acceptors (Lipinski definition) is 5. The van der Waals surface area contributed by atoms with Gasteiger partial charge in [-0.15, -0.1) is 0 Å². The van der Waals surface area contributed by atoms with Crippen molar-refractivity contribution >= 4 is 27.4 Å². The summed E-state index contributed by atoms with van der Waals surface area (Å²) in [7, 11) is -3.56. The molecule has 9 heteroatoms. The minimum absolute atomic E-state index is 0.111. The molecule has 2 aliphatic heterocycles. The molecule has 0 atom stereocenters. The molecule has 0 aromatic heterocycles. The zero-order valence-corrected chi connectivity index (χ0v) is 15.7. The molecule has 1 fully saturated rings.